The first-order valence-corrected chi connectivity index (χ1v) is 5.59. The van der Waals surface area contributed by atoms with Crippen LogP contribution in [0.2, 0.25) is 0 Å². The van der Waals surface area contributed by atoms with E-state index in [9.17, 15) is 13.6 Å². The summed E-state index contributed by atoms with van der Waals surface area (Å²) in [4.78, 5) is 11.9. The molecule has 2 rings (SSSR count). The standard InChI is InChI=1S/C14H12F2N2O/c1-8-2-3-12(16)13(4-8)18-14(19)9-5-10(15)7-11(17)6-9/h2-7H,17H2,1H3,(H,18,19). The summed E-state index contributed by atoms with van der Waals surface area (Å²) in [6.45, 7) is 1.77. The first kappa shape index (κ1) is 13.0. The molecule has 0 aromatic heterocycles. The molecule has 0 aliphatic rings. The molecule has 19 heavy (non-hydrogen) atoms. The molecule has 0 radical (unpaired) electrons. The maximum Gasteiger partial charge on any atom is 0.255 e. The molecule has 0 unspecified atom stereocenters. The maximum atomic E-state index is 13.5. The van der Waals surface area contributed by atoms with Gasteiger partial charge in [-0.1, -0.05) is 6.07 Å². The van der Waals surface area contributed by atoms with E-state index in [1.54, 1.807) is 13.0 Å². The van der Waals surface area contributed by atoms with Crippen molar-refractivity contribution in [3.63, 3.8) is 0 Å². The van der Waals surface area contributed by atoms with Gasteiger partial charge in [0.2, 0.25) is 0 Å². The highest BCUT2D eigenvalue weighted by Crippen LogP contribution is 2.18. The van der Waals surface area contributed by atoms with Crippen LogP contribution < -0.4 is 11.1 Å². The number of nitrogens with one attached hydrogen (secondary N) is 1. The smallest absolute Gasteiger partial charge is 0.255 e. The van der Waals surface area contributed by atoms with E-state index in [0.29, 0.717) is 0 Å². The number of anilines is 2. The van der Waals surface area contributed by atoms with Crippen LogP contribution in [-0.4, -0.2) is 5.91 Å². The highest BCUT2D eigenvalue weighted by molar-refractivity contribution is 6.04. The number of rotatable bonds is 2. The maximum absolute atomic E-state index is 13.5. The Morgan fingerprint density at radius 1 is 1.16 bits per heavy atom. The summed E-state index contributed by atoms with van der Waals surface area (Å²) in [5, 5.41) is 2.39. The van der Waals surface area contributed by atoms with Crippen LogP contribution in [0.4, 0.5) is 20.2 Å². The summed E-state index contributed by atoms with van der Waals surface area (Å²) >= 11 is 0. The van der Waals surface area contributed by atoms with Crippen LogP contribution in [0.3, 0.4) is 0 Å². The number of aryl methyl sites for hydroxylation is 1. The van der Waals surface area contributed by atoms with Crippen molar-refractivity contribution < 1.29 is 13.6 Å². The van der Waals surface area contributed by atoms with E-state index in [2.05, 4.69) is 5.32 Å². The minimum Gasteiger partial charge on any atom is -0.399 e. The molecule has 0 spiro atoms. The fourth-order valence-electron chi connectivity index (χ4n) is 1.67. The number of hydrogen-bond donors (Lipinski definition) is 2. The first-order chi connectivity index (χ1) is 8.95. The highest BCUT2D eigenvalue weighted by atomic mass is 19.1. The Morgan fingerprint density at radius 2 is 1.89 bits per heavy atom. The Hall–Kier alpha value is -2.43. The van der Waals surface area contributed by atoms with Crippen molar-refractivity contribution in [3.05, 3.63) is 59.2 Å². The molecule has 1 amide bonds. The van der Waals surface area contributed by atoms with Gasteiger partial charge in [-0.05, 0) is 42.8 Å². The van der Waals surface area contributed by atoms with Crippen LogP contribution >= 0.6 is 0 Å². The van der Waals surface area contributed by atoms with Gasteiger partial charge in [0, 0.05) is 11.3 Å². The second-order valence-corrected chi connectivity index (χ2v) is 4.21. The molecule has 2 aromatic carbocycles. The topological polar surface area (TPSA) is 55.1 Å². The normalized spacial score (nSPS) is 10.3. The third kappa shape index (κ3) is 3.07. The second-order valence-electron chi connectivity index (χ2n) is 4.21. The van der Waals surface area contributed by atoms with Crippen molar-refractivity contribution in [1.82, 2.24) is 0 Å². The van der Waals surface area contributed by atoms with Crippen LogP contribution in [0.5, 0.6) is 0 Å². The lowest BCUT2D eigenvalue weighted by molar-refractivity contribution is 0.102. The average molecular weight is 262 g/mol. The number of carbonyl (C=O) groups is 1. The molecule has 0 bridgehead atoms. The summed E-state index contributed by atoms with van der Waals surface area (Å²) in [7, 11) is 0. The van der Waals surface area contributed by atoms with Gasteiger partial charge in [0.15, 0.2) is 0 Å². The highest BCUT2D eigenvalue weighted by Gasteiger charge is 2.11. The molecule has 0 saturated carbocycles. The Bertz CT molecular complexity index is 621. The Balaban J connectivity index is 2.28. The number of nitrogens with two attached hydrogens (primary N) is 1. The molecule has 98 valence electrons. The van der Waals surface area contributed by atoms with Crippen LogP contribution in [0.25, 0.3) is 0 Å². The molecule has 3 nitrogen and oxygen atoms in total. The van der Waals surface area contributed by atoms with Gasteiger partial charge >= 0.3 is 0 Å². The van der Waals surface area contributed by atoms with E-state index >= 15 is 0 Å². The summed E-state index contributed by atoms with van der Waals surface area (Å²) in [5.74, 6) is -1.78. The number of benzene rings is 2. The fraction of sp³-hybridized carbons (Fsp3) is 0.0714. The number of hydrogen-bond acceptors (Lipinski definition) is 2. The molecule has 0 heterocycles. The summed E-state index contributed by atoms with van der Waals surface area (Å²) in [6.07, 6.45) is 0. The minimum absolute atomic E-state index is 0.0402. The third-order valence-electron chi connectivity index (χ3n) is 2.55. The predicted octanol–water partition coefficient (Wildman–Crippen LogP) is 3.11. The Labute approximate surface area is 109 Å². The van der Waals surface area contributed by atoms with Gasteiger partial charge in [-0.15, -0.1) is 0 Å². The van der Waals surface area contributed by atoms with Gasteiger partial charge in [-0.2, -0.15) is 0 Å². The zero-order valence-corrected chi connectivity index (χ0v) is 10.2. The van der Waals surface area contributed by atoms with E-state index < -0.39 is 17.5 Å². The lowest BCUT2D eigenvalue weighted by Crippen LogP contribution is -2.13. The van der Waals surface area contributed by atoms with Crippen LogP contribution in [0, 0.1) is 18.6 Å². The monoisotopic (exact) mass is 262 g/mol. The van der Waals surface area contributed by atoms with Crippen LogP contribution in [0.15, 0.2) is 36.4 Å². The van der Waals surface area contributed by atoms with E-state index in [-0.39, 0.29) is 16.9 Å². The molecule has 0 fully saturated rings. The largest absolute Gasteiger partial charge is 0.399 e. The zero-order valence-electron chi connectivity index (χ0n) is 10.2. The summed E-state index contributed by atoms with van der Waals surface area (Å²) in [5.41, 5.74) is 6.48. The van der Waals surface area contributed by atoms with E-state index in [4.69, 9.17) is 5.73 Å². The van der Waals surface area contributed by atoms with Crippen LogP contribution in [-0.2, 0) is 0 Å². The number of halogens is 2. The van der Waals surface area contributed by atoms with Crippen molar-refractivity contribution in [2.24, 2.45) is 0 Å². The SMILES string of the molecule is Cc1ccc(F)c(NC(=O)c2cc(N)cc(F)c2)c1. The molecule has 2 aromatic rings. The number of carbonyl (C=O) groups excluding carboxylic acids is 1. The van der Waals surface area contributed by atoms with Crippen molar-refractivity contribution in [1.29, 1.82) is 0 Å². The van der Waals surface area contributed by atoms with Gasteiger partial charge in [0.05, 0.1) is 5.69 Å². The lowest BCUT2D eigenvalue weighted by Gasteiger charge is -2.08. The quantitative estimate of drug-likeness (QED) is 0.817. The summed E-state index contributed by atoms with van der Waals surface area (Å²) < 4.78 is 26.6. The van der Waals surface area contributed by atoms with Gasteiger partial charge in [0.1, 0.15) is 11.6 Å². The Kier molecular flexibility index (Phi) is 3.46. The van der Waals surface area contributed by atoms with E-state index in [0.717, 1.165) is 17.7 Å². The predicted molar refractivity (Wildman–Crippen MR) is 69.9 cm³/mol. The minimum atomic E-state index is -0.616. The number of nitrogen functional groups attached to an aromatic ring is 1. The molecule has 0 aliphatic heterocycles. The average Bonchev–Trinajstić information content (AvgIpc) is 2.32. The lowest BCUT2D eigenvalue weighted by atomic mass is 10.1. The summed E-state index contributed by atoms with van der Waals surface area (Å²) in [6, 6.07) is 7.81. The first-order valence-electron chi connectivity index (χ1n) is 5.59. The van der Waals surface area contributed by atoms with E-state index in [1.165, 1.54) is 18.2 Å². The molecule has 0 saturated heterocycles. The van der Waals surface area contributed by atoms with Crippen molar-refractivity contribution in [2.75, 3.05) is 11.1 Å². The molecular formula is C14H12F2N2O. The second kappa shape index (κ2) is 5.06. The van der Waals surface area contributed by atoms with Gasteiger partial charge < -0.3 is 11.1 Å². The Morgan fingerprint density at radius 3 is 2.58 bits per heavy atom. The van der Waals surface area contributed by atoms with Crippen LogP contribution in [0.1, 0.15) is 15.9 Å². The zero-order chi connectivity index (χ0) is 14.0. The van der Waals surface area contributed by atoms with Crippen molar-refractivity contribution in [2.45, 2.75) is 6.92 Å². The van der Waals surface area contributed by atoms with Gasteiger partial charge in [-0.25, -0.2) is 8.78 Å². The number of amides is 1. The van der Waals surface area contributed by atoms with Gasteiger partial charge in [0.25, 0.3) is 5.91 Å². The third-order valence-corrected chi connectivity index (χ3v) is 2.55. The molecule has 5 heteroatoms. The van der Waals surface area contributed by atoms with E-state index in [1.807, 2.05) is 0 Å². The van der Waals surface area contributed by atoms with Gasteiger partial charge in [-0.3, -0.25) is 4.79 Å². The molecule has 0 atom stereocenters. The molecule has 0 aliphatic carbocycles. The fourth-order valence-corrected chi connectivity index (χ4v) is 1.67. The van der Waals surface area contributed by atoms with Crippen molar-refractivity contribution >= 4 is 17.3 Å². The van der Waals surface area contributed by atoms with Crippen molar-refractivity contribution in [3.8, 4) is 0 Å². The molecular weight excluding hydrogens is 250 g/mol. The molecule has 3 N–H and O–H groups in total.